The van der Waals surface area contributed by atoms with Crippen molar-refractivity contribution < 1.29 is 9.26 Å². The third-order valence-corrected chi connectivity index (χ3v) is 5.23. The lowest BCUT2D eigenvalue weighted by molar-refractivity contribution is 0.159. The molecule has 0 amide bonds. The third-order valence-electron chi connectivity index (χ3n) is 5.23. The molecular weight excluding hydrogens is 374 g/mol. The molecular formula is C22H26ClN3O2. The average Bonchev–Trinajstić information content (AvgIpc) is 3.19. The van der Waals surface area contributed by atoms with E-state index in [0.717, 1.165) is 36.9 Å². The Labute approximate surface area is 172 Å². The van der Waals surface area contributed by atoms with Gasteiger partial charge in [-0.05, 0) is 56.0 Å². The van der Waals surface area contributed by atoms with Crippen LogP contribution in [0.15, 0.2) is 59.1 Å². The quantitative estimate of drug-likeness (QED) is 0.605. The molecule has 6 heteroatoms. The Balaban J connectivity index is 0.00000225. The van der Waals surface area contributed by atoms with Crippen molar-refractivity contribution in [3.8, 4) is 17.1 Å². The highest BCUT2D eigenvalue weighted by Crippen LogP contribution is 2.24. The van der Waals surface area contributed by atoms with Gasteiger partial charge in [0.1, 0.15) is 5.75 Å². The van der Waals surface area contributed by atoms with Crippen LogP contribution in [0.5, 0.6) is 5.75 Å². The van der Waals surface area contributed by atoms with Crippen LogP contribution in [0.1, 0.15) is 24.3 Å². The first-order valence-corrected chi connectivity index (χ1v) is 9.53. The largest absolute Gasteiger partial charge is 0.497 e. The second-order valence-electron chi connectivity index (χ2n) is 7.15. The van der Waals surface area contributed by atoms with Crippen LogP contribution in [0, 0.1) is 5.92 Å². The van der Waals surface area contributed by atoms with Crippen molar-refractivity contribution >= 4 is 12.4 Å². The Morgan fingerprint density at radius 2 is 1.86 bits per heavy atom. The zero-order chi connectivity index (χ0) is 18.5. The fraction of sp³-hybridized carbons (Fsp3) is 0.364. The molecule has 0 atom stereocenters. The van der Waals surface area contributed by atoms with E-state index in [4.69, 9.17) is 9.26 Å². The number of halogens is 1. The van der Waals surface area contributed by atoms with Crippen LogP contribution in [0.2, 0.25) is 0 Å². The van der Waals surface area contributed by atoms with Gasteiger partial charge in [-0.3, -0.25) is 4.90 Å². The Kier molecular flexibility index (Phi) is 7.06. The first-order chi connectivity index (χ1) is 13.3. The van der Waals surface area contributed by atoms with Crippen molar-refractivity contribution in [2.75, 3.05) is 20.2 Å². The third kappa shape index (κ3) is 5.12. The molecule has 1 fully saturated rings. The molecule has 3 aromatic rings. The van der Waals surface area contributed by atoms with E-state index in [1.807, 2.05) is 24.3 Å². The average molecular weight is 400 g/mol. The molecule has 148 valence electrons. The summed E-state index contributed by atoms with van der Waals surface area (Å²) >= 11 is 0. The van der Waals surface area contributed by atoms with Crippen molar-refractivity contribution in [3.05, 3.63) is 66.1 Å². The van der Waals surface area contributed by atoms with Crippen LogP contribution in [0.25, 0.3) is 11.4 Å². The van der Waals surface area contributed by atoms with E-state index in [2.05, 4.69) is 45.4 Å². The topological polar surface area (TPSA) is 51.4 Å². The minimum absolute atomic E-state index is 0. The monoisotopic (exact) mass is 399 g/mol. The number of hydrogen-bond acceptors (Lipinski definition) is 5. The lowest BCUT2D eigenvalue weighted by Crippen LogP contribution is -2.33. The van der Waals surface area contributed by atoms with E-state index in [9.17, 15) is 0 Å². The van der Waals surface area contributed by atoms with E-state index < -0.39 is 0 Å². The minimum atomic E-state index is 0. The van der Waals surface area contributed by atoms with Crippen molar-refractivity contribution in [2.45, 2.75) is 25.8 Å². The summed E-state index contributed by atoms with van der Waals surface area (Å²) in [7, 11) is 1.65. The van der Waals surface area contributed by atoms with Crippen molar-refractivity contribution in [1.82, 2.24) is 15.0 Å². The van der Waals surface area contributed by atoms with Crippen molar-refractivity contribution in [1.29, 1.82) is 0 Å². The Morgan fingerprint density at radius 3 is 2.61 bits per heavy atom. The van der Waals surface area contributed by atoms with Crippen LogP contribution in [-0.2, 0) is 13.0 Å². The molecule has 0 N–H and O–H groups in total. The smallest absolute Gasteiger partial charge is 0.241 e. The highest BCUT2D eigenvalue weighted by atomic mass is 35.5. The van der Waals surface area contributed by atoms with Gasteiger partial charge < -0.3 is 9.26 Å². The van der Waals surface area contributed by atoms with Gasteiger partial charge in [-0.25, -0.2) is 0 Å². The fourth-order valence-electron chi connectivity index (χ4n) is 3.69. The number of aromatic nitrogens is 2. The Hall–Kier alpha value is -2.37. The maximum absolute atomic E-state index is 5.47. The lowest BCUT2D eigenvalue weighted by atomic mass is 9.90. The van der Waals surface area contributed by atoms with Gasteiger partial charge in [0.25, 0.3) is 0 Å². The van der Waals surface area contributed by atoms with Crippen LogP contribution >= 0.6 is 12.4 Å². The zero-order valence-corrected chi connectivity index (χ0v) is 16.9. The molecule has 4 rings (SSSR count). The number of hydrogen-bond donors (Lipinski definition) is 0. The van der Waals surface area contributed by atoms with Gasteiger partial charge >= 0.3 is 0 Å². The van der Waals surface area contributed by atoms with Gasteiger partial charge in [0.05, 0.1) is 13.7 Å². The lowest BCUT2D eigenvalue weighted by Gasteiger charge is -2.31. The molecule has 0 aliphatic carbocycles. The van der Waals surface area contributed by atoms with Crippen molar-refractivity contribution in [2.24, 2.45) is 5.92 Å². The summed E-state index contributed by atoms with van der Waals surface area (Å²) in [5.41, 5.74) is 2.35. The predicted octanol–water partition coefficient (Wildman–Crippen LogP) is 4.62. The normalized spacial score (nSPS) is 15.2. The molecule has 0 spiro atoms. The van der Waals surface area contributed by atoms with E-state index in [1.54, 1.807) is 7.11 Å². The molecule has 1 aliphatic heterocycles. The molecule has 0 radical (unpaired) electrons. The molecule has 0 unspecified atom stereocenters. The highest BCUT2D eigenvalue weighted by Gasteiger charge is 2.21. The number of methoxy groups -OCH3 is 1. The number of nitrogens with zero attached hydrogens (tertiary/aromatic N) is 3. The molecule has 1 saturated heterocycles. The molecule has 1 aromatic heterocycles. The van der Waals surface area contributed by atoms with Gasteiger partial charge in [0.15, 0.2) is 0 Å². The SMILES string of the molecule is COc1cccc(-c2noc(CN3CCC(Cc4ccccc4)CC3)n2)c1.Cl. The van der Waals surface area contributed by atoms with Crippen LogP contribution in [0.4, 0.5) is 0 Å². The van der Waals surface area contributed by atoms with E-state index in [0.29, 0.717) is 11.7 Å². The van der Waals surface area contributed by atoms with E-state index >= 15 is 0 Å². The summed E-state index contributed by atoms with van der Waals surface area (Å²) in [5, 5.41) is 4.13. The number of piperidine rings is 1. The summed E-state index contributed by atoms with van der Waals surface area (Å²) in [6.45, 7) is 2.87. The predicted molar refractivity (Wildman–Crippen MR) is 112 cm³/mol. The van der Waals surface area contributed by atoms with Gasteiger partial charge in [-0.1, -0.05) is 47.6 Å². The first kappa shape index (κ1) is 20.4. The summed E-state index contributed by atoms with van der Waals surface area (Å²) < 4.78 is 10.7. The van der Waals surface area contributed by atoms with Gasteiger partial charge in [0, 0.05) is 5.56 Å². The molecule has 2 aromatic carbocycles. The van der Waals surface area contributed by atoms with Crippen LogP contribution < -0.4 is 4.74 Å². The second kappa shape index (κ2) is 9.71. The summed E-state index contributed by atoms with van der Waals surface area (Å²) in [5.74, 6) is 2.84. The highest BCUT2D eigenvalue weighted by molar-refractivity contribution is 5.85. The van der Waals surface area contributed by atoms with Crippen molar-refractivity contribution in [3.63, 3.8) is 0 Å². The standard InChI is InChI=1S/C22H25N3O2.ClH/c1-26-20-9-5-8-19(15-20)22-23-21(27-24-22)16-25-12-10-18(11-13-25)14-17-6-3-2-4-7-17;/h2-9,15,18H,10-14,16H2,1H3;1H. The first-order valence-electron chi connectivity index (χ1n) is 9.53. The number of rotatable bonds is 6. The minimum Gasteiger partial charge on any atom is -0.497 e. The van der Waals surface area contributed by atoms with Gasteiger partial charge in [0.2, 0.25) is 11.7 Å². The molecule has 0 saturated carbocycles. The zero-order valence-electron chi connectivity index (χ0n) is 16.1. The van der Waals surface area contributed by atoms with Crippen LogP contribution in [-0.4, -0.2) is 35.2 Å². The number of benzene rings is 2. The van der Waals surface area contributed by atoms with E-state index in [1.165, 1.54) is 24.8 Å². The second-order valence-corrected chi connectivity index (χ2v) is 7.15. The molecule has 1 aliphatic rings. The summed E-state index contributed by atoms with van der Waals surface area (Å²) in [4.78, 5) is 6.97. The maximum atomic E-state index is 5.47. The van der Waals surface area contributed by atoms with Crippen LogP contribution in [0.3, 0.4) is 0 Å². The Morgan fingerprint density at radius 1 is 1.07 bits per heavy atom. The fourth-order valence-corrected chi connectivity index (χ4v) is 3.69. The molecule has 5 nitrogen and oxygen atoms in total. The van der Waals surface area contributed by atoms with Gasteiger partial charge in [-0.2, -0.15) is 4.98 Å². The van der Waals surface area contributed by atoms with Gasteiger partial charge in [-0.15, -0.1) is 12.4 Å². The molecule has 28 heavy (non-hydrogen) atoms. The maximum Gasteiger partial charge on any atom is 0.241 e. The Bertz CT molecular complexity index is 861. The summed E-state index contributed by atoms with van der Waals surface area (Å²) in [6, 6.07) is 18.5. The number of likely N-dealkylation sites (tertiary alicyclic amines) is 1. The molecule has 2 heterocycles. The summed E-state index contributed by atoms with van der Waals surface area (Å²) in [6.07, 6.45) is 3.60. The molecule has 0 bridgehead atoms. The number of ether oxygens (including phenoxy) is 1. The van der Waals surface area contributed by atoms with E-state index in [-0.39, 0.29) is 12.4 Å².